The van der Waals surface area contributed by atoms with Gasteiger partial charge < -0.3 is 9.30 Å². The van der Waals surface area contributed by atoms with Crippen LogP contribution in [0.25, 0.3) is 0 Å². The van der Waals surface area contributed by atoms with E-state index in [1.807, 2.05) is 6.20 Å². The van der Waals surface area contributed by atoms with Crippen LogP contribution in [0.2, 0.25) is 0 Å². The minimum absolute atomic E-state index is 0.216. The zero-order valence-corrected chi connectivity index (χ0v) is 9.25. The molecule has 1 aromatic heterocycles. The summed E-state index contributed by atoms with van der Waals surface area (Å²) in [6, 6.07) is 0. The molecule has 0 spiro atoms. The summed E-state index contributed by atoms with van der Waals surface area (Å²) in [5.41, 5.74) is 0. The Balaban J connectivity index is 2.26. The molecule has 2 rings (SSSR count). The van der Waals surface area contributed by atoms with Gasteiger partial charge in [0.2, 0.25) is 0 Å². The first-order valence-corrected chi connectivity index (χ1v) is 5.45. The molecule has 0 aliphatic carbocycles. The summed E-state index contributed by atoms with van der Waals surface area (Å²) in [4.78, 5) is 4.37. The van der Waals surface area contributed by atoms with Gasteiger partial charge in [-0.15, -0.1) is 0 Å². The molecule has 4 heteroatoms. The molecule has 72 valence electrons. The molecule has 3 nitrogen and oxygen atoms in total. The summed E-state index contributed by atoms with van der Waals surface area (Å²) in [6.45, 7) is 2.99. The largest absolute Gasteiger partial charge is 0.358 e. The maximum absolute atomic E-state index is 5.60. The van der Waals surface area contributed by atoms with Crippen LogP contribution in [-0.4, -0.2) is 16.2 Å². The minimum Gasteiger partial charge on any atom is -0.358 e. The first kappa shape index (κ1) is 9.21. The van der Waals surface area contributed by atoms with Crippen LogP contribution in [0.4, 0.5) is 0 Å². The van der Waals surface area contributed by atoms with Gasteiger partial charge in [-0.05, 0) is 28.8 Å². The third-order valence-corrected chi connectivity index (χ3v) is 2.69. The average molecular weight is 245 g/mol. The summed E-state index contributed by atoms with van der Waals surface area (Å²) in [5, 5.41) is 0. The molecule has 1 fully saturated rings. The fourth-order valence-corrected chi connectivity index (χ4v) is 2.12. The Kier molecular flexibility index (Phi) is 2.69. The van der Waals surface area contributed by atoms with Crippen molar-refractivity contribution in [2.24, 2.45) is 0 Å². The number of imidazole rings is 1. The predicted molar refractivity (Wildman–Crippen MR) is 53.5 cm³/mol. The maximum Gasteiger partial charge on any atom is 0.135 e. The van der Waals surface area contributed by atoms with Crippen molar-refractivity contribution in [3.05, 3.63) is 16.6 Å². The van der Waals surface area contributed by atoms with Gasteiger partial charge in [0.15, 0.2) is 0 Å². The lowest BCUT2D eigenvalue weighted by Crippen LogP contribution is -2.09. The van der Waals surface area contributed by atoms with Crippen molar-refractivity contribution < 1.29 is 4.74 Å². The molecule has 2 heterocycles. The molecular formula is C9H13BrN2O. The number of hydrogen-bond donors (Lipinski definition) is 0. The molecule has 0 radical (unpaired) electrons. The standard InChI is InChI=1S/C9H13BrN2O/c1-2-8-11-7(10)6-12(8)9-4-3-5-13-9/h6,9H,2-5H2,1H3. The highest BCUT2D eigenvalue weighted by molar-refractivity contribution is 9.10. The van der Waals surface area contributed by atoms with Crippen molar-refractivity contribution in [2.75, 3.05) is 6.61 Å². The fourth-order valence-electron chi connectivity index (χ4n) is 1.69. The van der Waals surface area contributed by atoms with Crippen LogP contribution in [0.15, 0.2) is 10.8 Å². The van der Waals surface area contributed by atoms with E-state index in [0.29, 0.717) is 0 Å². The molecule has 1 atom stereocenters. The SMILES string of the molecule is CCc1nc(Br)cn1C1CCCO1. The lowest BCUT2D eigenvalue weighted by molar-refractivity contribution is 0.0544. The molecule has 1 saturated heterocycles. The van der Waals surface area contributed by atoms with Crippen LogP contribution in [-0.2, 0) is 11.2 Å². The topological polar surface area (TPSA) is 27.1 Å². The van der Waals surface area contributed by atoms with Crippen molar-refractivity contribution in [1.82, 2.24) is 9.55 Å². The third-order valence-electron chi connectivity index (χ3n) is 2.31. The van der Waals surface area contributed by atoms with Crippen LogP contribution in [0.1, 0.15) is 31.8 Å². The van der Waals surface area contributed by atoms with Crippen LogP contribution < -0.4 is 0 Å². The number of rotatable bonds is 2. The summed E-state index contributed by atoms with van der Waals surface area (Å²) < 4.78 is 8.64. The van der Waals surface area contributed by atoms with Gasteiger partial charge in [0.05, 0.1) is 0 Å². The molecule has 1 unspecified atom stereocenters. The van der Waals surface area contributed by atoms with Crippen molar-refractivity contribution in [2.45, 2.75) is 32.4 Å². The second-order valence-electron chi connectivity index (χ2n) is 3.21. The molecule has 13 heavy (non-hydrogen) atoms. The smallest absolute Gasteiger partial charge is 0.135 e. The van der Waals surface area contributed by atoms with E-state index in [1.165, 1.54) is 0 Å². The molecule has 1 aliphatic heterocycles. The Morgan fingerprint density at radius 3 is 3.23 bits per heavy atom. The molecule has 0 aromatic carbocycles. The Morgan fingerprint density at radius 1 is 1.77 bits per heavy atom. The van der Waals surface area contributed by atoms with Gasteiger partial charge in [0, 0.05) is 19.2 Å². The summed E-state index contributed by atoms with van der Waals surface area (Å²) in [6.07, 6.45) is 5.44. The maximum atomic E-state index is 5.60. The molecule has 0 bridgehead atoms. The van der Waals surface area contributed by atoms with Gasteiger partial charge in [-0.25, -0.2) is 4.98 Å². The Labute approximate surface area is 86.2 Å². The molecule has 0 N–H and O–H groups in total. The highest BCUT2D eigenvalue weighted by atomic mass is 79.9. The van der Waals surface area contributed by atoms with Crippen LogP contribution in [0.3, 0.4) is 0 Å². The van der Waals surface area contributed by atoms with Crippen molar-refractivity contribution in [3.63, 3.8) is 0 Å². The zero-order chi connectivity index (χ0) is 9.26. The van der Waals surface area contributed by atoms with Gasteiger partial charge >= 0.3 is 0 Å². The fraction of sp³-hybridized carbons (Fsp3) is 0.667. The van der Waals surface area contributed by atoms with E-state index in [-0.39, 0.29) is 6.23 Å². The Morgan fingerprint density at radius 2 is 2.62 bits per heavy atom. The number of nitrogens with zero attached hydrogens (tertiary/aromatic N) is 2. The van der Waals surface area contributed by atoms with Gasteiger partial charge in [-0.2, -0.15) is 0 Å². The quantitative estimate of drug-likeness (QED) is 0.800. The number of halogens is 1. The van der Waals surface area contributed by atoms with Gasteiger partial charge in [0.1, 0.15) is 16.7 Å². The average Bonchev–Trinajstić information content (AvgIpc) is 2.71. The molecule has 0 saturated carbocycles. The van der Waals surface area contributed by atoms with E-state index in [2.05, 4.69) is 32.4 Å². The molecule has 0 amide bonds. The minimum atomic E-state index is 0.216. The molecule has 1 aromatic rings. The van der Waals surface area contributed by atoms with E-state index in [4.69, 9.17) is 4.74 Å². The van der Waals surface area contributed by atoms with Crippen molar-refractivity contribution in [3.8, 4) is 0 Å². The Bertz CT molecular complexity index is 292. The summed E-state index contributed by atoms with van der Waals surface area (Å²) in [5.74, 6) is 1.10. The van der Waals surface area contributed by atoms with Crippen LogP contribution >= 0.6 is 15.9 Å². The molecular weight excluding hydrogens is 232 g/mol. The summed E-state index contributed by atoms with van der Waals surface area (Å²) >= 11 is 3.38. The Hall–Kier alpha value is -0.350. The summed E-state index contributed by atoms with van der Waals surface area (Å²) in [7, 11) is 0. The van der Waals surface area contributed by atoms with E-state index in [0.717, 1.165) is 36.3 Å². The van der Waals surface area contributed by atoms with E-state index < -0.39 is 0 Å². The number of aryl methyl sites for hydroxylation is 1. The normalized spacial score (nSPS) is 22.5. The number of ether oxygens (including phenoxy) is 1. The van der Waals surface area contributed by atoms with Crippen LogP contribution in [0.5, 0.6) is 0 Å². The van der Waals surface area contributed by atoms with Gasteiger partial charge in [0.25, 0.3) is 0 Å². The first-order chi connectivity index (χ1) is 6.31. The highest BCUT2D eigenvalue weighted by Crippen LogP contribution is 2.25. The monoisotopic (exact) mass is 244 g/mol. The number of hydrogen-bond acceptors (Lipinski definition) is 2. The van der Waals surface area contributed by atoms with E-state index >= 15 is 0 Å². The lowest BCUT2D eigenvalue weighted by Gasteiger charge is -2.13. The van der Waals surface area contributed by atoms with E-state index in [1.54, 1.807) is 0 Å². The number of aromatic nitrogens is 2. The zero-order valence-electron chi connectivity index (χ0n) is 7.66. The van der Waals surface area contributed by atoms with E-state index in [9.17, 15) is 0 Å². The van der Waals surface area contributed by atoms with Crippen molar-refractivity contribution >= 4 is 15.9 Å². The predicted octanol–water partition coefficient (Wildman–Crippen LogP) is 2.52. The highest BCUT2D eigenvalue weighted by Gasteiger charge is 2.19. The van der Waals surface area contributed by atoms with Gasteiger partial charge in [-0.3, -0.25) is 0 Å². The molecule has 1 aliphatic rings. The second-order valence-corrected chi connectivity index (χ2v) is 4.02. The lowest BCUT2D eigenvalue weighted by atomic mass is 10.3. The van der Waals surface area contributed by atoms with Crippen molar-refractivity contribution in [1.29, 1.82) is 0 Å². The first-order valence-electron chi connectivity index (χ1n) is 4.66. The van der Waals surface area contributed by atoms with Gasteiger partial charge in [-0.1, -0.05) is 6.92 Å². The second kappa shape index (κ2) is 3.80. The third kappa shape index (κ3) is 1.79. The van der Waals surface area contributed by atoms with Crippen LogP contribution in [0, 0.1) is 0 Å².